The molecule has 5 aromatic rings. The normalized spacial score (nSPS) is 14.3. The lowest BCUT2D eigenvalue weighted by molar-refractivity contribution is 0.180. The highest BCUT2D eigenvalue weighted by molar-refractivity contribution is 5.77. The standard InChI is InChI=1S/C29H27N5O.C2H6/c35-29-32-25-8-4-5-9-26(25)34(29)24-14-18-33(19-15-24)20-21-10-12-23(13-11-21)28-27(30-16-17-31-28)22-6-2-1-3-7-22;1-2/h1-13,16-17,24H,14-15,18-20H2,(H,32,35);1-2H3. The summed E-state index contributed by atoms with van der Waals surface area (Å²) in [5.41, 5.74) is 7.13. The van der Waals surface area contributed by atoms with Crippen molar-refractivity contribution in [3.05, 3.63) is 107 Å². The molecule has 0 amide bonds. The number of aromatic nitrogens is 4. The van der Waals surface area contributed by atoms with E-state index in [0.29, 0.717) is 0 Å². The van der Waals surface area contributed by atoms with Crippen molar-refractivity contribution in [1.29, 1.82) is 0 Å². The van der Waals surface area contributed by atoms with Crippen molar-refractivity contribution in [2.24, 2.45) is 0 Å². The molecule has 0 spiro atoms. The highest BCUT2D eigenvalue weighted by Gasteiger charge is 2.23. The number of rotatable bonds is 5. The number of hydrogen-bond acceptors (Lipinski definition) is 4. The molecule has 3 heterocycles. The molecular weight excluding hydrogens is 458 g/mol. The molecule has 6 rings (SSSR count). The number of para-hydroxylation sites is 2. The molecule has 0 bridgehead atoms. The minimum Gasteiger partial charge on any atom is -0.306 e. The Morgan fingerprint density at radius 2 is 1.38 bits per heavy atom. The van der Waals surface area contributed by atoms with Gasteiger partial charge in [0.15, 0.2) is 0 Å². The molecule has 6 nitrogen and oxygen atoms in total. The minimum atomic E-state index is -0.000813. The fourth-order valence-electron chi connectivity index (χ4n) is 5.16. The molecule has 1 N–H and O–H groups in total. The van der Waals surface area contributed by atoms with E-state index in [0.717, 1.165) is 66.0 Å². The molecule has 6 heteroatoms. The molecule has 0 aliphatic carbocycles. The van der Waals surface area contributed by atoms with Crippen LogP contribution in [0.4, 0.5) is 0 Å². The molecule has 0 atom stereocenters. The van der Waals surface area contributed by atoms with Gasteiger partial charge in [0.05, 0.1) is 22.4 Å². The van der Waals surface area contributed by atoms with Crippen molar-refractivity contribution in [1.82, 2.24) is 24.4 Å². The molecular formula is C31H33N5O. The highest BCUT2D eigenvalue weighted by Crippen LogP contribution is 2.29. The summed E-state index contributed by atoms with van der Waals surface area (Å²) in [4.78, 5) is 27.3. The van der Waals surface area contributed by atoms with Gasteiger partial charge >= 0.3 is 5.69 Å². The molecule has 1 aliphatic rings. The first-order valence-electron chi connectivity index (χ1n) is 13.1. The maximum Gasteiger partial charge on any atom is 0.326 e. The van der Waals surface area contributed by atoms with Crippen molar-refractivity contribution < 1.29 is 0 Å². The van der Waals surface area contributed by atoms with Gasteiger partial charge in [0.25, 0.3) is 0 Å². The molecule has 1 aliphatic heterocycles. The Morgan fingerprint density at radius 3 is 2.05 bits per heavy atom. The zero-order chi connectivity index (χ0) is 25.6. The minimum absolute atomic E-state index is 0.000813. The van der Waals surface area contributed by atoms with Gasteiger partial charge in [-0.3, -0.25) is 19.4 Å². The van der Waals surface area contributed by atoms with Crippen LogP contribution in [0, 0.1) is 0 Å². The number of aromatic amines is 1. The van der Waals surface area contributed by atoms with Crippen LogP contribution in [0.25, 0.3) is 33.5 Å². The first-order valence-corrected chi connectivity index (χ1v) is 13.1. The van der Waals surface area contributed by atoms with Crippen molar-refractivity contribution in [2.45, 2.75) is 39.3 Å². The van der Waals surface area contributed by atoms with E-state index in [1.54, 1.807) is 12.4 Å². The van der Waals surface area contributed by atoms with Crippen molar-refractivity contribution in [3.63, 3.8) is 0 Å². The maximum atomic E-state index is 12.6. The Balaban J connectivity index is 0.00000137. The second-order valence-electron chi connectivity index (χ2n) is 9.14. The van der Waals surface area contributed by atoms with Crippen molar-refractivity contribution in [2.75, 3.05) is 13.1 Å². The van der Waals surface area contributed by atoms with Gasteiger partial charge in [-0.15, -0.1) is 0 Å². The lowest BCUT2D eigenvalue weighted by Gasteiger charge is -2.32. The predicted octanol–water partition coefficient (Wildman–Crippen LogP) is 6.32. The van der Waals surface area contributed by atoms with Crippen LogP contribution in [0.15, 0.2) is 96.1 Å². The van der Waals surface area contributed by atoms with E-state index >= 15 is 0 Å². The Kier molecular flexibility index (Phi) is 7.57. The highest BCUT2D eigenvalue weighted by atomic mass is 16.1. The Bertz CT molecular complexity index is 1500. The van der Waals surface area contributed by atoms with Crippen molar-refractivity contribution in [3.8, 4) is 22.5 Å². The van der Waals surface area contributed by atoms with Gasteiger partial charge in [-0.05, 0) is 30.5 Å². The largest absolute Gasteiger partial charge is 0.326 e. The number of fused-ring (bicyclic) bond motifs is 1. The van der Waals surface area contributed by atoms with E-state index in [4.69, 9.17) is 0 Å². The van der Waals surface area contributed by atoms with Crippen molar-refractivity contribution >= 4 is 11.0 Å². The number of hydrogen-bond donors (Lipinski definition) is 1. The fourth-order valence-corrected chi connectivity index (χ4v) is 5.16. The SMILES string of the molecule is CC.O=c1[nH]c2ccccc2n1C1CCN(Cc2ccc(-c3nccnc3-c3ccccc3)cc2)CC1. The number of benzene rings is 3. The van der Waals surface area contributed by atoms with Crippen LogP contribution in [0.3, 0.4) is 0 Å². The predicted molar refractivity (Wildman–Crippen MR) is 150 cm³/mol. The lowest BCUT2D eigenvalue weighted by atomic mass is 10.0. The van der Waals surface area contributed by atoms with Gasteiger partial charge in [0.2, 0.25) is 0 Å². The van der Waals surface area contributed by atoms with Gasteiger partial charge in [-0.25, -0.2) is 4.79 Å². The van der Waals surface area contributed by atoms with Gasteiger partial charge in [0, 0.05) is 49.2 Å². The van der Waals surface area contributed by atoms with Crippen LogP contribution in [0.5, 0.6) is 0 Å². The van der Waals surface area contributed by atoms with Crippen LogP contribution in [0.1, 0.15) is 38.3 Å². The summed E-state index contributed by atoms with van der Waals surface area (Å²) in [5.74, 6) is 0. The quantitative estimate of drug-likeness (QED) is 0.313. The topological polar surface area (TPSA) is 66.8 Å². The summed E-state index contributed by atoms with van der Waals surface area (Å²) in [6.07, 6.45) is 5.44. The number of imidazole rings is 1. The summed E-state index contributed by atoms with van der Waals surface area (Å²) in [6, 6.07) is 27.0. The third-order valence-corrected chi connectivity index (χ3v) is 6.93. The number of nitrogens with one attached hydrogen (secondary N) is 1. The molecule has 188 valence electrons. The average Bonchev–Trinajstić information content (AvgIpc) is 3.31. The first-order chi connectivity index (χ1) is 18.3. The summed E-state index contributed by atoms with van der Waals surface area (Å²) in [5, 5.41) is 0. The molecule has 1 saturated heterocycles. The van der Waals surface area contributed by atoms with E-state index in [-0.39, 0.29) is 11.7 Å². The average molecular weight is 492 g/mol. The molecule has 2 aromatic heterocycles. The van der Waals surface area contributed by atoms with Gasteiger partial charge in [-0.1, -0.05) is 80.6 Å². The van der Waals surface area contributed by atoms with E-state index in [9.17, 15) is 4.79 Å². The Hall–Kier alpha value is -4.03. The molecule has 1 fully saturated rings. The first kappa shape index (κ1) is 24.7. The van der Waals surface area contributed by atoms with E-state index < -0.39 is 0 Å². The van der Waals surface area contributed by atoms with Crippen LogP contribution in [0.2, 0.25) is 0 Å². The van der Waals surface area contributed by atoms with Crippen LogP contribution in [-0.2, 0) is 6.54 Å². The van der Waals surface area contributed by atoms with E-state index in [2.05, 4.69) is 56.3 Å². The van der Waals surface area contributed by atoms with Gasteiger partial charge < -0.3 is 4.98 Å². The zero-order valence-corrected chi connectivity index (χ0v) is 21.5. The molecule has 37 heavy (non-hydrogen) atoms. The van der Waals surface area contributed by atoms with E-state index in [1.165, 1.54) is 5.56 Å². The third-order valence-electron chi connectivity index (χ3n) is 6.93. The summed E-state index contributed by atoms with van der Waals surface area (Å²) in [6.45, 7) is 6.85. The number of likely N-dealkylation sites (tertiary alicyclic amines) is 1. The summed E-state index contributed by atoms with van der Waals surface area (Å²) in [7, 11) is 0. The van der Waals surface area contributed by atoms with Gasteiger partial charge in [0.1, 0.15) is 0 Å². The third kappa shape index (κ3) is 5.25. The number of nitrogens with zero attached hydrogens (tertiary/aromatic N) is 4. The van der Waals surface area contributed by atoms with Crippen LogP contribution >= 0.6 is 0 Å². The second-order valence-corrected chi connectivity index (χ2v) is 9.14. The monoisotopic (exact) mass is 491 g/mol. The van der Waals surface area contributed by atoms with Gasteiger partial charge in [-0.2, -0.15) is 0 Å². The number of H-pyrrole nitrogens is 1. The van der Waals surface area contributed by atoms with Crippen LogP contribution in [-0.4, -0.2) is 37.5 Å². The summed E-state index contributed by atoms with van der Waals surface area (Å²) < 4.78 is 1.95. The maximum absolute atomic E-state index is 12.6. The molecule has 3 aromatic carbocycles. The summed E-state index contributed by atoms with van der Waals surface area (Å²) >= 11 is 0. The Morgan fingerprint density at radius 1 is 0.784 bits per heavy atom. The smallest absolute Gasteiger partial charge is 0.306 e. The lowest BCUT2D eigenvalue weighted by Crippen LogP contribution is -2.36. The molecule has 0 unspecified atom stereocenters. The van der Waals surface area contributed by atoms with E-state index in [1.807, 2.05) is 60.9 Å². The fraction of sp³-hybridized carbons (Fsp3) is 0.258. The van der Waals surface area contributed by atoms with Crippen LogP contribution < -0.4 is 5.69 Å². The molecule has 0 radical (unpaired) electrons. The zero-order valence-electron chi connectivity index (χ0n) is 21.5. The Labute approximate surface area is 217 Å². The number of piperidine rings is 1. The second kappa shape index (κ2) is 11.4. The molecule has 0 saturated carbocycles.